The van der Waals surface area contributed by atoms with E-state index in [1.54, 1.807) is 0 Å². The molecule has 2 aromatic carbocycles. The lowest BCUT2D eigenvalue weighted by Gasteiger charge is -2.10. The van der Waals surface area contributed by atoms with Gasteiger partial charge < -0.3 is 9.47 Å². The van der Waals surface area contributed by atoms with Gasteiger partial charge in [0, 0.05) is 11.6 Å². The van der Waals surface area contributed by atoms with Crippen LogP contribution in [0.25, 0.3) is 0 Å². The minimum absolute atomic E-state index is 0.0440. The summed E-state index contributed by atoms with van der Waals surface area (Å²) in [7, 11) is 1.39. The van der Waals surface area contributed by atoms with Crippen molar-refractivity contribution in [2.45, 2.75) is 0 Å². The van der Waals surface area contributed by atoms with E-state index in [2.05, 4.69) is 0 Å². The summed E-state index contributed by atoms with van der Waals surface area (Å²) >= 11 is 0. The lowest BCUT2D eigenvalue weighted by molar-refractivity contribution is 0.112. The highest BCUT2D eigenvalue weighted by molar-refractivity contribution is 5.75. The third-order valence-electron chi connectivity index (χ3n) is 2.62. The van der Waals surface area contributed by atoms with E-state index in [9.17, 15) is 13.6 Å². The quantitative estimate of drug-likeness (QED) is 0.809. The predicted octanol–water partition coefficient (Wildman–Crippen LogP) is 3.45. The van der Waals surface area contributed by atoms with Gasteiger partial charge in [-0.2, -0.15) is 5.26 Å². The zero-order valence-electron chi connectivity index (χ0n) is 10.9. The topological polar surface area (TPSA) is 59.3 Å². The molecule has 0 amide bonds. The first kappa shape index (κ1) is 14.5. The fourth-order valence-electron chi connectivity index (χ4n) is 1.68. The Hall–Kier alpha value is -2.94. The van der Waals surface area contributed by atoms with Gasteiger partial charge in [-0.1, -0.05) is 0 Å². The molecular formula is C15H9F2NO3. The summed E-state index contributed by atoms with van der Waals surface area (Å²) in [6.07, 6.45) is 0.329. The lowest BCUT2D eigenvalue weighted by atomic mass is 10.2. The van der Waals surface area contributed by atoms with Gasteiger partial charge in [-0.3, -0.25) is 4.79 Å². The van der Waals surface area contributed by atoms with Gasteiger partial charge in [0.15, 0.2) is 17.4 Å². The van der Waals surface area contributed by atoms with Gasteiger partial charge in [-0.15, -0.1) is 0 Å². The summed E-state index contributed by atoms with van der Waals surface area (Å²) in [4.78, 5) is 10.5. The number of benzene rings is 2. The van der Waals surface area contributed by atoms with E-state index < -0.39 is 17.4 Å². The van der Waals surface area contributed by atoms with Crippen LogP contribution in [0.5, 0.6) is 17.2 Å². The Morgan fingerprint density at radius 1 is 1.10 bits per heavy atom. The highest BCUT2D eigenvalue weighted by Crippen LogP contribution is 2.31. The number of hydrogen-bond acceptors (Lipinski definition) is 4. The summed E-state index contributed by atoms with van der Waals surface area (Å²) < 4.78 is 37.6. The van der Waals surface area contributed by atoms with E-state index in [-0.39, 0.29) is 16.9 Å². The van der Waals surface area contributed by atoms with E-state index >= 15 is 0 Å². The summed E-state index contributed by atoms with van der Waals surface area (Å²) in [5.74, 6) is -2.33. The number of nitrogens with zero attached hydrogens (tertiary/aromatic N) is 1. The van der Waals surface area contributed by atoms with Crippen LogP contribution < -0.4 is 9.47 Å². The van der Waals surface area contributed by atoms with Crippen molar-refractivity contribution in [3.05, 3.63) is 53.1 Å². The van der Waals surface area contributed by atoms with E-state index in [1.165, 1.54) is 25.3 Å². The fourth-order valence-corrected chi connectivity index (χ4v) is 1.68. The van der Waals surface area contributed by atoms with Crippen LogP contribution in [0, 0.1) is 23.0 Å². The number of aldehydes is 1. The summed E-state index contributed by atoms with van der Waals surface area (Å²) in [6.45, 7) is 0. The first-order chi connectivity index (χ1) is 10.1. The van der Waals surface area contributed by atoms with Crippen LogP contribution in [0.2, 0.25) is 0 Å². The highest BCUT2D eigenvalue weighted by Gasteiger charge is 2.14. The Balaban J connectivity index is 2.43. The molecule has 0 aliphatic rings. The third kappa shape index (κ3) is 3.15. The summed E-state index contributed by atoms with van der Waals surface area (Å²) in [5, 5.41) is 8.88. The molecule has 0 unspecified atom stereocenters. The Kier molecular flexibility index (Phi) is 4.14. The number of carbonyl (C=O) groups excluding carboxylic acids is 1. The standard InChI is InChI=1S/C15H9F2NO3/c1-20-11-2-9(7-18)3-12(6-11)21-15-13(16)4-10(8-19)5-14(15)17/h2-6,8H,1H3. The maximum absolute atomic E-state index is 13.7. The van der Waals surface area contributed by atoms with E-state index in [4.69, 9.17) is 14.7 Å². The SMILES string of the molecule is COc1cc(C#N)cc(Oc2c(F)cc(C=O)cc2F)c1. The molecule has 0 heterocycles. The van der Waals surface area contributed by atoms with Crippen molar-refractivity contribution < 1.29 is 23.0 Å². The van der Waals surface area contributed by atoms with Crippen molar-refractivity contribution in [2.75, 3.05) is 7.11 Å². The molecule has 2 aromatic rings. The molecule has 0 saturated heterocycles. The molecule has 0 aromatic heterocycles. The molecular weight excluding hydrogens is 280 g/mol. The molecule has 2 rings (SSSR count). The second-order valence-corrected chi connectivity index (χ2v) is 4.04. The number of ether oxygens (including phenoxy) is 2. The van der Waals surface area contributed by atoms with Crippen molar-refractivity contribution in [3.63, 3.8) is 0 Å². The smallest absolute Gasteiger partial charge is 0.198 e. The van der Waals surface area contributed by atoms with Crippen molar-refractivity contribution in [1.82, 2.24) is 0 Å². The first-order valence-electron chi connectivity index (χ1n) is 5.78. The van der Waals surface area contributed by atoms with Crippen molar-refractivity contribution in [2.24, 2.45) is 0 Å². The van der Waals surface area contributed by atoms with Gasteiger partial charge in [0.2, 0.25) is 0 Å². The van der Waals surface area contributed by atoms with E-state index in [1.807, 2.05) is 6.07 Å². The Morgan fingerprint density at radius 3 is 2.24 bits per heavy atom. The molecule has 0 N–H and O–H groups in total. The Labute approximate surface area is 119 Å². The van der Waals surface area contributed by atoms with Crippen molar-refractivity contribution >= 4 is 6.29 Å². The number of rotatable bonds is 4. The second-order valence-electron chi connectivity index (χ2n) is 4.04. The van der Waals surface area contributed by atoms with E-state index in [0.717, 1.165) is 12.1 Å². The fraction of sp³-hybridized carbons (Fsp3) is 0.0667. The average Bonchev–Trinajstić information content (AvgIpc) is 2.50. The van der Waals surface area contributed by atoms with Gasteiger partial charge >= 0.3 is 0 Å². The molecule has 6 heteroatoms. The van der Waals surface area contributed by atoms with Crippen molar-refractivity contribution in [3.8, 4) is 23.3 Å². The Bertz CT molecular complexity index is 715. The minimum Gasteiger partial charge on any atom is -0.497 e. The van der Waals surface area contributed by atoms with Gasteiger partial charge in [0.25, 0.3) is 0 Å². The number of halogens is 2. The van der Waals surface area contributed by atoms with Crippen LogP contribution in [0.4, 0.5) is 8.78 Å². The van der Waals surface area contributed by atoms with Crippen LogP contribution in [0.15, 0.2) is 30.3 Å². The molecule has 0 bridgehead atoms. The van der Waals surface area contributed by atoms with Gasteiger partial charge in [-0.25, -0.2) is 8.78 Å². The molecule has 21 heavy (non-hydrogen) atoms. The number of nitriles is 1. The maximum Gasteiger partial charge on any atom is 0.198 e. The summed E-state index contributed by atoms with van der Waals surface area (Å²) in [5.41, 5.74) is 0.0791. The lowest BCUT2D eigenvalue weighted by Crippen LogP contribution is -1.96. The average molecular weight is 289 g/mol. The number of hydrogen-bond donors (Lipinski definition) is 0. The molecule has 0 aliphatic carbocycles. The molecule has 0 saturated carbocycles. The summed E-state index contributed by atoms with van der Waals surface area (Å²) in [6, 6.07) is 7.75. The molecule has 106 valence electrons. The predicted molar refractivity (Wildman–Crippen MR) is 69.5 cm³/mol. The zero-order valence-corrected chi connectivity index (χ0v) is 10.9. The molecule has 0 fully saturated rings. The highest BCUT2D eigenvalue weighted by atomic mass is 19.1. The normalized spacial score (nSPS) is 9.81. The zero-order chi connectivity index (χ0) is 15.4. The molecule has 4 nitrogen and oxygen atoms in total. The van der Waals surface area contributed by atoms with Gasteiger partial charge in [-0.05, 0) is 24.3 Å². The molecule has 0 radical (unpaired) electrons. The monoisotopic (exact) mass is 289 g/mol. The Morgan fingerprint density at radius 2 is 1.71 bits per heavy atom. The maximum atomic E-state index is 13.7. The second kappa shape index (κ2) is 6.01. The molecule has 0 aliphatic heterocycles. The van der Waals surface area contributed by atoms with Crippen LogP contribution >= 0.6 is 0 Å². The van der Waals surface area contributed by atoms with Crippen molar-refractivity contribution in [1.29, 1.82) is 5.26 Å². The minimum atomic E-state index is -1.02. The first-order valence-corrected chi connectivity index (χ1v) is 5.78. The van der Waals surface area contributed by atoms with E-state index in [0.29, 0.717) is 12.0 Å². The van der Waals surface area contributed by atoms with Crippen LogP contribution in [-0.4, -0.2) is 13.4 Å². The van der Waals surface area contributed by atoms with Crippen LogP contribution in [0.3, 0.4) is 0 Å². The van der Waals surface area contributed by atoms with Crippen LogP contribution in [0.1, 0.15) is 15.9 Å². The molecule has 0 atom stereocenters. The molecule has 0 spiro atoms. The number of carbonyl (C=O) groups is 1. The third-order valence-corrected chi connectivity index (χ3v) is 2.62. The van der Waals surface area contributed by atoms with Gasteiger partial charge in [0.05, 0.1) is 18.7 Å². The van der Waals surface area contributed by atoms with Crippen LogP contribution in [-0.2, 0) is 0 Å². The largest absolute Gasteiger partial charge is 0.497 e. The van der Waals surface area contributed by atoms with Gasteiger partial charge in [0.1, 0.15) is 17.8 Å². The number of methoxy groups -OCH3 is 1.